The number of nitrogens with one attached hydrogen (secondary N) is 1. The minimum absolute atomic E-state index is 0.119. The average molecular weight is 275 g/mol. The monoisotopic (exact) mass is 274 g/mol. The second kappa shape index (κ2) is 6.47. The van der Waals surface area contributed by atoms with Crippen molar-refractivity contribution in [2.24, 2.45) is 0 Å². The van der Waals surface area contributed by atoms with Crippen LogP contribution in [0.4, 0.5) is 5.69 Å². The van der Waals surface area contributed by atoms with Gasteiger partial charge in [-0.2, -0.15) is 0 Å². The van der Waals surface area contributed by atoms with E-state index in [1.807, 2.05) is 0 Å². The van der Waals surface area contributed by atoms with Crippen molar-refractivity contribution < 1.29 is 14.7 Å². The van der Waals surface area contributed by atoms with Gasteiger partial charge in [0.15, 0.2) is 0 Å². The highest BCUT2D eigenvalue weighted by Gasteiger charge is 2.04. The van der Waals surface area contributed by atoms with E-state index in [9.17, 15) is 14.7 Å². The van der Waals surface area contributed by atoms with Gasteiger partial charge in [-0.3, -0.25) is 4.79 Å². The van der Waals surface area contributed by atoms with Crippen LogP contribution in [0.1, 0.15) is 19.3 Å². The van der Waals surface area contributed by atoms with Crippen molar-refractivity contribution in [1.82, 2.24) is 0 Å². The van der Waals surface area contributed by atoms with Crippen molar-refractivity contribution in [1.29, 1.82) is 0 Å². The summed E-state index contributed by atoms with van der Waals surface area (Å²) in [6.07, 6.45) is 0.235. The first-order valence-electron chi connectivity index (χ1n) is 4.94. The molecule has 0 heterocycles. The molecule has 0 atom stereocenters. The van der Waals surface area contributed by atoms with Crippen molar-refractivity contribution in [3.63, 3.8) is 0 Å². The Morgan fingerprint density at radius 1 is 1.18 bits per heavy atom. The Hall–Kier alpha value is -1.26. The van der Waals surface area contributed by atoms with Gasteiger partial charge >= 0.3 is 0 Å². The molecule has 0 unspecified atom stereocenters. The van der Waals surface area contributed by atoms with Crippen LogP contribution in [0.25, 0.3) is 0 Å². The highest BCUT2D eigenvalue weighted by atomic mass is 35.5. The number of benzene rings is 1. The maximum absolute atomic E-state index is 11.4. The van der Waals surface area contributed by atoms with Crippen LogP contribution in [-0.4, -0.2) is 11.9 Å². The third kappa shape index (κ3) is 5.06. The summed E-state index contributed by atoms with van der Waals surface area (Å²) in [7, 11) is 0. The van der Waals surface area contributed by atoms with Gasteiger partial charge in [-0.1, -0.05) is 23.2 Å². The fraction of sp³-hybridized carbons (Fsp3) is 0.273. The van der Waals surface area contributed by atoms with E-state index in [2.05, 4.69) is 5.32 Å². The Kier molecular flexibility index (Phi) is 5.25. The van der Waals surface area contributed by atoms with E-state index in [4.69, 9.17) is 23.2 Å². The van der Waals surface area contributed by atoms with E-state index in [0.29, 0.717) is 15.7 Å². The van der Waals surface area contributed by atoms with E-state index in [1.165, 1.54) is 6.07 Å². The molecule has 17 heavy (non-hydrogen) atoms. The molecule has 0 bridgehead atoms. The molecular weight excluding hydrogens is 265 g/mol. The highest BCUT2D eigenvalue weighted by Crippen LogP contribution is 2.25. The quantitative estimate of drug-likeness (QED) is 0.891. The third-order valence-corrected chi connectivity index (χ3v) is 2.73. The Labute approximate surface area is 109 Å². The molecule has 0 aromatic heterocycles. The number of carbonyl (C=O) groups excluding carboxylic acids is 2. The van der Waals surface area contributed by atoms with Gasteiger partial charge in [0.25, 0.3) is 0 Å². The molecule has 1 amide bonds. The Morgan fingerprint density at radius 2 is 1.88 bits per heavy atom. The van der Waals surface area contributed by atoms with Crippen LogP contribution in [0.2, 0.25) is 10.0 Å². The molecule has 0 aliphatic heterocycles. The number of carboxylic acids is 1. The lowest BCUT2D eigenvalue weighted by molar-refractivity contribution is -0.305. The lowest BCUT2D eigenvalue weighted by Gasteiger charge is -2.06. The summed E-state index contributed by atoms with van der Waals surface area (Å²) in [5.41, 5.74) is 0.526. The summed E-state index contributed by atoms with van der Waals surface area (Å²) in [6.45, 7) is 0. The number of hydrogen-bond donors (Lipinski definition) is 1. The van der Waals surface area contributed by atoms with Crippen LogP contribution < -0.4 is 10.4 Å². The largest absolute Gasteiger partial charge is 0.550 e. The summed E-state index contributed by atoms with van der Waals surface area (Å²) < 4.78 is 0. The topological polar surface area (TPSA) is 69.2 Å². The highest BCUT2D eigenvalue weighted by molar-refractivity contribution is 6.42. The number of halogens is 2. The van der Waals surface area contributed by atoms with Gasteiger partial charge in [-0.15, -0.1) is 0 Å². The van der Waals surface area contributed by atoms with Crippen LogP contribution in [0.3, 0.4) is 0 Å². The van der Waals surface area contributed by atoms with Gasteiger partial charge in [-0.05, 0) is 31.0 Å². The first-order valence-corrected chi connectivity index (χ1v) is 5.69. The summed E-state index contributed by atoms with van der Waals surface area (Å²) in [5.74, 6) is -1.43. The predicted octanol–water partition coefficient (Wildman–Crippen LogP) is 1.85. The summed E-state index contributed by atoms with van der Waals surface area (Å²) in [6, 6.07) is 4.71. The SMILES string of the molecule is O=C([O-])CCCC(=O)Nc1ccc(Cl)c(Cl)c1. The van der Waals surface area contributed by atoms with Crippen molar-refractivity contribution in [2.75, 3.05) is 5.32 Å². The zero-order valence-corrected chi connectivity index (χ0v) is 10.3. The predicted molar refractivity (Wildman–Crippen MR) is 63.9 cm³/mol. The minimum atomic E-state index is -1.16. The normalized spacial score (nSPS) is 10.0. The summed E-state index contributed by atoms with van der Waals surface area (Å²) in [4.78, 5) is 21.5. The molecule has 4 nitrogen and oxygen atoms in total. The molecule has 0 fully saturated rings. The van der Waals surface area contributed by atoms with Gasteiger partial charge in [0.05, 0.1) is 10.0 Å². The molecule has 1 N–H and O–H groups in total. The van der Waals surface area contributed by atoms with Crippen LogP contribution >= 0.6 is 23.2 Å². The van der Waals surface area contributed by atoms with Crippen LogP contribution in [0.15, 0.2) is 18.2 Å². The number of carbonyl (C=O) groups is 2. The number of carboxylic acid groups (broad SMARTS) is 1. The van der Waals surface area contributed by atoms with Gasteiger partial charge < -0.3 is 15.2 Å². The molecule has 0 aliphatic rings. The first-order chi connectivity index (χ1) is 7.99. The molecule has 1 rings (SSSR count). The van der Waals surface area contributed by atoms with E-state index in [0.717, 1.165) is 0 Å². The molecular formula is C11H10Cl2NO3-. The maximum atomic E-state index is 11.4. The fourth-order valence-corrected chi connectivity index (χ4v) is 1.49. The molecule has 6 heteroatoms. The van der Waals surface area contributed by atoms with Gasteiger partial charge in [0.1, 0.15) is 0 Å². The molecule has 92 valence electrons. The van der Waals surface area contributed by atoms with Crippen molar-refractivity contribution in [3.05, 3.63) is 28.2 Å². The summed E-state index contributed by atoms with van der Waals surface area (Å²) >= 11 is 11.5. The Bertz CT molecular complexity index is 435. The Morgan fingerprint density at radius 3 is 2.47 bits per heavy atom. The third-order valence-electron chi connectivity index (χ3n) is 1.99. The fourth-order valence-electron chi connectivity index (χ4n) is 1.19. The van der Waals surface area contributed by atoms with Crippen molar-refractivity contribution >= 4 is 40.8 Å². The molecule has 0 radical (unpaired) electrons. The van der Waals surface area contributed by atoms with E-state index in [1.54, 1.807) is 12.1 Å². The van der Waals surface area contributed by atoms with Crippen LogP contribution in [0.5, 0.6) is 0 Å². The first kappa shape index (κ1) is 13.8. The minimum Gasteiger partial charge on any atom is -0.550 e. The number of rotatable bonds is 5. The lowest BCUT2D eigenvalue weighted by Crippen LogP contribution is -2.22. The smallest absolute Gasteiger partial charge is 0.224 e. The second-order valence-electron chi connectivity index (χ2n) is 3.40. The lowest BCUT2D eigenvalue weighted by atomic mass is 10.2. The maximum Gasteiger partial charge on any atom is 0.224 e. The number of hydrogen-bond acceptors (Lipinski definition) is 3. The zero-order valence-electron chi connectivity index (χ0n) is 8.83. The number of amides is 1. The zero-order chi connectivity index (χ0) is 12.8. The van der Waals surface area contributed by atoms with Gasteiger partial charge in [0, 0.05) is 18.1 Å². The number of anilines is 1. The van der Waals surface area contributed by atoms with Gasteiger partial charge in [-0.25, -0.2) is 0 Å². The van der Waals surface area contributed by atoms with E-state index < -0.39 is 5.97 Å². The molecule has 1 aromatic rings. The van der Waals surface area contributed by atoms with Crippen molar-refractivity contribution in [2.45, 2.75) is 19.3 Å². The Balaban J connectivity index is 2.45. The van der Waals surface area contributed by atoms with E-state index in [-0.39, 0.29) is 25.2 Å². The number of aliphatic carboxylic acids is 1. The molecule has 0 spiro atoms. The van der Waals surface area contributed by atoms with Gasteiger partial charge in [0.2, 0.25) is 5.91 Å². The molecule has 0 saturated carbocycles. The van der Waals surface area contributed by atoms with Crippen LogP contribution in [0, 0.1) is 0 Å². The van der Waals surface area contributed by atoms with Crippen LogP contribution in [-0.2, 0) is 9.59 Å². The summed E-state index contributed by atoms with van der Waals surface area (Å²) in [5, 5.41) is 13.5. The molecule has 1 aromatic carbocycles. The molecule has 0 saturated heterocycles. The molecule has 0 aliphatic carbocycles. The standard InChI is InChI=1S/C11H11Cl2NO3/c12-8-5-4-7(6-9(8)13)14-10(15)2-1-3-11(16)17/h4-6H,1-3H2,(H,14,15)(H,16,17)/p-1. The van der Waals surface area contributed by atoms with E-state index >= 15 is 0 Å². The second-order valence-corrected chi connectivity index (χ2v) is 4.22. The average Bonchev–Trinajstić information content (AvgIpc) is 2.23. The van der Waals surface area contributed by atoms with Crippen molar-refractivity contribution in [3.8, 4) is 0 Å².